The highest BCUT2D eigenvalue weighted by molar-refractivity contribution is 6.31. The fraction of sp³-hybridized carbons (Fsp3) is 0.208. The minimum Gasteiger partial charge on any atom is -0.476 e. The highest BCUT2D eigenvalue weighted by Crippen LogP contribution is 2.44. The number of aromatic amines is 1. The number of nitrogens with zero attached hydrogens (tertiary/aromatic N) is 7. The zero-order valence-corrected chi connectivity index (χ0v) is 20.1. The Balaban J connectivity index is 1.33. The molecule has 1 amide bonds. The van der Waals surface area contributed by atoms with Crippen LogP contribution in [0.3, 0.4) is 0 Å². The summed E-state index contributed by atoms with van der Waals surface area (Å²) in [5.74, 6) is -3.03. The molecule has 2 aliphatic rings. The van der Waals surface area contributed by atoms with E-state index < -0.39 is 29.3 Å². The number of aromatic nitrogens is 7. The van der Waals surface area contributed by atoms with Crippen LogP contribution in [-0.4, -0.2) is 63.1 Å². The van der Waals surface area contributed by atoms with Gasteiger partial charge < -0.3 is 15.0 Å². The van der Waals surface area contributed by atoms with Crippen LogP contribution < -0.4 is 0 Å². The highest BCUT2D eigenvalue weighted by atomic mass is 35.5. The lowest BCUT2D eigenvalue weighted by Gasteiger charge is -2.33. The second-order valence-corrected chi connectivity index (χ2v) is 9.29. The van der Waals surface area contributed by atoms with Crippen molar-refractivity contribution >= 4 is 29.1 Å². The maximum atomic E-state index is 15.3. The second-order valence-electron chi connectivity index (χ2n) is 8.88. The number of H-pyrrole nitrogens is 1. The molecule has 38 heavy (non-hydrogen) atoms. The van der Waals surface area contributed by atoms with Gasteiger partial charge in [0.05, 0.1) is 28.6 Å². The van der Waals surface area contributed by atoms with Crippen molar-refractivity contribution < 1.29 is 23.5 Å². The number of rotatable bonds is 5. The third-order valence-electron chi connectivity index (χ3n) is 6.79. The molecule has 11 nitrogen and oxygen atoms in total. The smallest absolute Gasteiger partial charge is 0.357 e. The molecule has 2 atom stereocenters. The molecule has 14 heteroatoms. The van der Waals surface area contributed by atoms with E-state index >= 15 is 4.39 Å². The predicted molar refractivity (Wildman–Crippen MR) is 128 cm³/mol. The minimum absolute atomic E-state index is 0.00408. The molecule has 3 aromatic heterocycles. The molecule has 192 valence electrons. The molecule has 2 aliphatic heterocycles. The average molecular weight is 539 g/mol. The van der Waals surface area contributed by atoms with Gasteiger partial charge in [0.15, 0.2) is 17.3 Å². The highest BCUT2D eigenvalue weighted by Gasteiger charge is 2.42. The number of carbonyl (C=O) groups excluding carboxylic acids is 1. The van der Waals surface area contributed by atoms with Gasteiger partial charge >= 0.3 is 5.97 Å². The number of fused-ring (bicyclic) bond motifs is 1. The van der Waals surface area contributed by atoms with Crippen molar-refractivity contribution in [2.45, 2.75) is 31.3 Å². The molecule has 1 saturated heterocycles. The summed E-state index contributed by atoms with van der Waals surface area (Å²) in [5.41, 5.74) is 0.557. The molecule has 2 N–H and O–H groups in total. The van der Waals surface area contributed by atoms with E-state index in [2.05, 4.69) is 30.5 Å². The zero-order valence-electron chi connectivity index (χ0n) is 19.3. The molecular weight excluding hydrogens is 522 g/mol. The van der Waals surface area contributed by atoms with Gasteiger partial charge in [0.2, 0.25) is 5.91 Å². The molecule has 0 aliphatic carbocycles. The van der Waals surface area contributed by atoms with Crippen molar-refractivity contribution in [2.75, 3.05) is 0 Å². The summed E-state index contributed by atoms with van der Waals surface area (Å²) in [6, 6.07) is 3.67. The second kappa shape index (κ2) is 9.10. The Labute approximate surface area is 217 Å². The molecule has 0 saturated carbocycles. The summed E-state index contributed by atoms with van der Waals surface area (Å²) in [7, 11) is 0. The largest absolute Gasteiger partial charge is 0.476 e. The summed E-state index contributed by atoms with van der Waals surface area (Å²) >= 11 is 6.07. The first-order chi connectivity index (χ1) is 18.3. The van der Waals surface area contributed by atoms with Gasteiger partial charge in [0.25, 0.3) is 0 Å². The molecule has 0 radical (unpaired) electrons. The number of carboxylic acid groups (broad SMARTS) is 1. The van der Waals surface area contributed by atoms with Crippen LogP contribution in [0.4, 0.5) is 8.78 Å². The third-order valence-corrected chi connectivity index (χ3v) is 7.08. The molecule has 0 bridgehead atoms. The maximum Gasteiger partial charge on any atom is 0.357 e. The van der Waals surface area contributed by atoms with Gasteiger partial charge in [-0.25, -0.2) is 23.5 Å². The third kappa shape index (κ3) is 3.82. The molecule has 4 aromatic rings. The van der Waals surface area contributed by atoms with Crippen molar-refractivity contribution in [3.8, 4) is 16.9 Å². The lowest BCUT2D eigenvalue weighted by Crippen LogP contribution is -2.39. The Morgan fingerprint density at radius 2 is 2.00 bits per heavy atom. The fourth-order valence-corrected chi connectivity index (χ4v) is 5.31. The number of imidazole rings is 1. The van der Waals surface area contributed by atoms with Crippen LogP contribution in [-0.2, 0) is 4.79 Å². The van der Waals surface area contributed by atoms with Gasteiger partial charge in [0.1, 0.15) is 12.2 Å². The molecule has 6 rings (SSSR count). The van der Waals surface area contributed by atoms with Gasteiger partial charge in [-0.15, -0.1) is 5.10 Å². The first kappa shape index (κ1) is 23.9. The van der Waals surface area contributed by atoms with Crippen LogP contribution in [0.1, 0.15) is 47.2 Å². The number of carboxylic acids is 1. The lowest BCUT2D eigenvalue weighted by atomic mass is 9.92. The molecule has 5 heterocycles. The SMILES string of the molecule is O=C(O)c1nccc(-c2cnc([C@@H]3CCC4CC(c5c(-n6cnnn6)ccc(Cl)c5F)=CC(=O)N43)[nH]2)c1F. The molecular formula is C24H17ClF2N8O3. The maximum absolute atomic E-state index is 15.3. The molecule has 0 spiro atoms. The van der Waals surface area contributed by atoms with Crippen molar-refractivity contribution in [2.24, 2.45) is 0 Å². The summed E-state index contributed by atoms with van der Waals surface area (Å²) in [5, 5.41) is 20.1. The average Bonchev–Trinajstić information content (AvgIpc) is 3.66. The van der Waals surface area contributed by atoms with E-state index in [0.29, 0.717) is 36.3 Å². The van der Waals surface area contributed by atoms with E-state index in [1.54, 1.807) is 11.0 Å². The number of hydrogen-bond donors (Lipinski definition) is 2. The first-order valence-corrected chi connectivity index (χ1v) is 11.9. The van der Waals surface area contributed by atoms with Crippen LogP contribution >= 0.6 is 11.6 Å². The van der Waals surface area contributed by atoms with Crippen LogP contribution in [0, 0.1) is 11.6 Å². The van der Waals surface area contributed by atoms with Crippen LogP contribution in [0.2, 0.25) is 5.02 Å². The van der Waals surface area contributed by atoms with E-state index in [9.17, 15) is 14.0 Å². The van der Waals surface area contributed by atoms with E-state index in [4.69, 9.17) is 16.7 Å². The van der Waals surface area contributed by atoms with Crippen molar-refractivity contribution in [3.63, 3.8) is 0 Å². The topological polar surface area (TPSA) is 143 Å². The van der Waals surface area contributed by atoms with Crippen LogP contribution in [0.15, 0.2) is 43.0 Å². The van der Waals surface area contributed by atoms with E-state index in [-0.39, 0.29) is 33.8 Å². The van der Waals surface area contributed by atoms with Gasteiger partial charge in [-0.1, -0.05) is 11.6 Å². The monoisotopic (exact) mass is 538 g/mol. The molecule has 1 unspecified atom stereocenters. The van der Waals surface area contributed by atoms with Crippen LogP contribution in [0.25, 0.3) is 22.5 Å². The Kier molecular flexibility index (Phi) is 5.71. The number of nitrogens with one attached hydrogen (secondary N) is 1. The quantitative estimate of drug-likeness (QED) is 0.392. The Hall–Kier alpha value is -4.52. The number of pyridine rings is 1. The van der Waals surface area contributed by atoms with Gasteiger partial charge in [-0.2, -0.15) is 4.68 Å². The summed E-state index contributed by atoms with van der Waals surface area (Å²) in [6.45, 7) is 0. The number of benzene rings is 1. The predicted octanol–water partition coefficient (Wildman–Crippen LogP) is 3.60. The first-order valence-electron chi connectivity index (χ1n) is 11.5. The Bertz CT molecular complexity index is 1620. The van der Waals surface area contributed by atoms with Crippen molar-refractivity contribution in [3.05, 3.63) is 76.7 Å². The summed E-state index contributed by atoms with van der Waals surface area (Å²) < 4.78 is 31.3. The molecule has 1 fully saturated rings. The van der Waals surface area contributed by atoms with Gasteiger partial charge in [-0.05, 0) is 53.5 Å². The Morgan fingerprint density at radius 3 is 2.76 bits per heavy atom. The van der Waals surface area contributed by atoms with Crippen molar-refractivity contribution in [1.82, 2.24) is 40.1 Å². The molecule has 1 aromatic carbocycles. The van der Waals surface area contributed by atoms with Crippen LogP contribution in [0.5, 0.6) is 0 Å². The fourth-order valence-electron chi connectivity index (χ4n) is 5.15. The normalized spacial score (nSPS) is 19.0. The number of aromatic carboxylic acids is 1. The number of halogens is 3. The number of hydrogen-bond acceptors (Lipinski definition) is 7. The van der Waals surface area contributed by atoms with E-state index in [1.807, 2.05) is 0 Å². The van der Waals surface area contributed by atoms with E-state index in [1.165, 1.54) is 41.6 Å². The van der Waals surface area contributed by atoms with E-state index in [0.717, 1.165) is 0 Å². The lowest BCUT2D eigenvalue weighted by molar-refractivity contribution is -0.129. The standard InChI is InChI=1S/C24H17ClF2N8O3/c25-14-2-4-16(34-10-30-32-33-34)19(21(14)27)11-7-12-1-3-17(35(12)18(36)8-11)23-29-9-15(31-23)13-5-6-28-22(20(13)26)24(37)38/h2,4-6,8-10,12,17H,1,3,7H2,(H,29,31)(H,37,38)/t12?,17-/m0/s1. The van der Waals surface area contributed by atoms with Gasteiger partial charge in [0, 0.05) is 29.4 Å². The number of carbonyl (C=O) groups is 2. The number of tetrazole rings is 1. The number of amides is 1. The zero-order chi connectivity index (χ0) is 26.6. The van der Waals surface area contributed by atoms with Crippen molar-refractivity contribution in [1.29, 1.82) is 0 Å². The Morgan fingerprint density at radius 1 is 1.16 bits per heavy atom. The summed E-state index contributed by atoms with van der Waals surface area (Å²) in [6.07, 6.45) is 6.86. The minimum atomic E-state index is -1.48. The summed E-state index contributed by atoms with van der Waals surface area (Å²) in [4.78, 5) is 37.2. The van der Waals surface area contributed by atoms with Gasteiger partial charge in [-0.3, -0.25) is 4.79 Å².